The molecule has 0 amide bonds. The number of fused-ring (bicyclic) bond motifs is 3. The molecule has 0 radical (unpaired) electrons. The Hall–Kier alpha value is -5.32. The van der Waals surface area contributed by atoms with Crippen LogP contribution >= 0.6 is 0 Å². The SMILES string of the molecule is [2H]C([2H])(c1cccc(-[n+]2[c-]n(-c3[c-]c(Oc4[c-]c5c(cc4)c4ccccc4n5-c4cc(C(C)(C)C)ccn4)ccn3)cc2-c2ccccc2)c1)C(C)(C)C.[Pt]. The summed E-state index contributed by atoms with van der Waals surface area (Å²) in [6, 6.07) is 42.9. The number of pyridine rings is 2. The minimum atomic E-state index is -1.55. The van der Waals surface area contributed by atoms with E-state index in [0.717, 1.165) is 44.6 Å². The molecule has 4 aromatic heterocycles. The molecule has 0 spiro atoms. The summed E-state index contributed by atoms with van der Waals surface area (Å²) >= 11 is 0. The second-order valence-electron chi connectivity index (χ2n) is 15.1. The molecule has 0 aliphatic heterocycles. The van der Waals surface area contributed by atoms with Crippen molar-refractivity contribution in [3.05, 3.63) is 157 Å². The van der Waals surface area contributed by atoms with Crippen molar-refractivity contribution >= 4 is 21.8 Å². The van der Waals surface area contributed by atoms with Gasteiger partial charge in [0, 0.05) is 47.5 Å². The Labute approximate surface area is 328 Å². The second-order valence-corrected chi connectivity index (χ2v) is 15.1. The normalized spacial score (nSPS) is 12.7. The fraction of sp³-hybridized carbons (Fsp3) is 0.196. The van der Waals surface area contributed by atoms with Crippen LogP contribution in [0.25, 0.3) is 50.4 Å². The Kier molecular flexibility index (Phi) is 9.01. The fourth-order valence-corrected chi connectivity index (χ4v) is 6.48. The summed E-state index contributed by atoms with van der Waals surface area (Å²) in [6.07, 6.45) is 7.41. The zero-order valence-corrected chi connectivity index (χ0v) is 32.9. The van der Waals surface area contributed by atoms with Gasteiger partial charge in [-0.15, -0.1) is 17.5 Å². The predicted octanol–water partition coefficient (Wildman–Crippen LogP) is 10.4. The number of nitrogens with zero attached hydrogens (tertiary/aromatic N) is 5. The Balaban J connectivity index is 0.00000465. The number of benzene rings is 4. The van der Waals surface area contributed by atoms with Gasteiger partial charge in [0.25, 0.3) is 6.33 Å². The fourth-order valence-electron chi connectivity index (χ4n) is 6.48. The Bertz CT molecular complexity index is 2650. The molecule has 268 valence electrons. The van der Waals surface area contributed by atoms with Gasteiger partial charge >= 0.3 is 0 Å². The summed E-state index contributed by atoms with van der Waals surface area (Å²) in [5.74, 6) is 2.32. The minimum absolute atomic E-state index is 0. The summed E-state index contributed by atoms with van der Waals surface area (Å²) in [5.41, 5.74) is 5.70. The first-order chi connectivity index (χ1) is 25.8. The molecule has 6 nitrogen and oxygen atoms in total. The molecule has 0 N–H and O–H groups in total. The van der Waals surface area contributed by atoms with E-state index in [4.69, 9.17) is 12.5 Å². The van der Waals surface area contributed by atoms with Gasteiger partial charge in [0.1, 0.15) is 5.82 Å². The van der Waals surface area contributed by atoms with Gasteiger partial charge < -0.3 is 9.30 Å². The molecule has 0 unspecified atom stereocenters. The Morgan fingerprint density at radius 2 is 1.51 bits per heavy atom. The van der Waals surface area contributed by atoms with Crippen LogP contribution in [-0.2, 0) is 32.9 Å². The van der Waals surface area contributed by atoms with E-state index < -0.39 is 11.8 Å². The average Bonchev–Trinajstić information content (AvgIpc) is 3.75. The van der Waals surface area contributed by atoms with E-state index in [9.17, 15) is 0 Å². The number of imidazole rings is 1. The molecular weight excluding hydrogens is 834 g/mol. The van der Waals surface area contributed by atoms with E-state index in [2.05, 4.69) is 85.2 Å². The van der Waals surface area contributed by atoms with E-state index in [-0.39, 0.29) is 26.5 Å². The van der Waals surface area contributed by atoms with Crippen molar-refractivity contribution in [1.82, 2.24) is 19.1 Å². The Morgan fingerprint density at radius 1 is 0.755 bits per heavy atom. The third kappa shape index (κ3) is 7.47. The number of rotatable bonds is 7. The molecular formula is C46H41N5OPt-2. The van der Waals surface area contributed by atoms with Gasteiger partial charge in [0.2, 0.25) is 0 Å². The first-order valence-electron chi connectivity index (χ1n) is 18.5. The van der Waals surface area contributed by atoms with E-state index in [1.807, 2.05) is 104 Å². The number of aromatic nitrogens is 5. The number of hydrogen-bond donors (Lipinski definition) is 0. The molecule has 4 aromatic carbocycles. The van der Waals surface area contributed by atoms with Crippen LogP contribution in [0.4, 0.5) is 0 Å². The molecule has 0 aliphatic carbocycles. The summed E-state index contributed by atoms with van der Waals surface area (Å²) < 4.78 is 30.1. The standard InChI is InChI=1S/C46H41N5O.Pt/c1-45(2,3)29-32-13-12-16-35(25-32)50-31-49(30-42(50)33-14-8-7-9-15-33)43-28-37(22-24-47-43)52-36-19-20-39-38-17-10-11-18-40(38)51(41(39)27-36)44-26-34(21-23-48-44)46(4,5)6;/h7-26,30H,29H2,1-6H3;/q-2;/i29D2;. The van der Waals surface area contributed by atoms with E-state index in [0.29, 0.717) is 22.9 Å². The minimum Gasteiger partial charge on any atom is -0.522 e. The third-order valence-corrected chi connectivity index (χ3v) is 8.90. The van der Waals surface area contributed by atoms with Crippen LogP contribution in [0.3, 0.4) is 0 Å². The molecule has 0 saturated heterocycles. The van der Waals surface area contributed by atoms with Gasteiger partial charge in [0.05, 0.1) is 17.2 Å². The van der Waals surface area contributed by atoms with Crippen molar-refractivity contribution in [3.63, 3.8) is 0 Å². The molecule has 0 fully saturated rings. The molecule has 0 aliphatic rings. The number of para-hydroxylation sites is 1. The van der Waals surface area contributed by atoms with Crippen molar-refractivity contribution < 1.29 is 33.1 Å². The zero-order valence-electron chi connectivity index (χ0n) is 32.6. The van der Waals surface area contributed by atoms with E-state index in [1.165, 1.54) is 5.56 Å². The topological polar surface area (TPSA) is 48.8 Å². The number of ether oxygens (including phenoxy) is 1. The smallest absolute Gasteiger partial charge is 0.269 e. The van der Waals surface area contributed by atoms with Gasteiger partial charge in [-0.25, -0.2) is 4.98 Å². The van der Waals surface area contributed by atoms with Gasteiger partial charge in [0.15, 0.2) is 0 Å². The van der Waals surface area contributed by atoms with E-state index >= 15 is 0 Å². The third-order valence-electron chi connectivity index (χ3n) is 8.90. The van der Waals surface area contributed by atoms with Gasteiger partial charge in [-0.1, -0.05) is 119 Å². The van der Waals surface area contributed by atoms with Crippen LogP contribution in [-0.4, -0.2) is 19.1 Å². The molecule has 0 bridgehead atoms. The first kappa shape index (κ1) is 33.5. The van der Waals surface area contributed by atoms with Crippen molar-refractivity contribution in [2.75, 3.05) is 0 Å². The molecule has 7 heteroatoms. The summed E-state index contributed by atoms with van der Waals surface area (Å²) in [7, 11) is 0. The summed E-state index contributed by atoms with van der Waals surface area (Å²) in [4.78, 5) is 9.44. The number of hydrogen-bond acceptors (Lipinski definition) is 3. The van der Waals surface area contributed by atoms with Crippen LogP contribution in [0.1, 0.15) is 55.4 Å². The molecule has 53 heavy (non-hydrogen) atoms. The summed E-state index contributed by atoms with van der Waals surface area (Å²) in [5, 5.41) is 2.17. The monoisotopic (exact) mass is 876 g/mol. The Morgan fingerprint density at radius 3 is 2.30 bits per heavy atom. The van der Waals surface area contributed by atoms with Gasteiger partial charge in [-0.3, -0.25) is 14.1 Å². The molecule has 8 aromatic rings. The first-order valence-corrected chi connectivity index (χ1v) is 17.5. The molecule has 8 rings (SSSR count). The molecule has 0 saturated carbocycles. The predicted molar refractivity (Wildman–Crippen MR) is 208 cm³/mol. The molecule has 0 atom stereocenters. The van der Waals surface area contributed by atoms with Crippen LogP contribution in [0.15, 0.2) is 128 Å². The van der Waals surface area contributed by atoms with Crippen molar-refractivity contribution in [3.8, 4) is 40.1 Å². The zero-order chi connectivity index (χ0) is 37.8. The van der Waals surface area contributed by atoms with Gasteiger partial charge in [-0.05, 0) is 69.8 Å². The average molecular weight is 877 g/mol. The maximum Gasteiger partial charge on any atom is 0.269 e. The molecule has 4 heterocycles. The van der Waals surface area contributed by atoms with Crippen LogP contribution < -0.4 is 9.30 Å². The van der Waals surface area contributed by atoms with Crippen molar-refractivity contribution in [2.24, 2.45) is 5.41 Å². The van der Waals surface area contributed by atoms with E-state index in [1.54, 1.807) is 16.8 Å². The quantitative estimate of drug-likeness (QED) is 0.118. The van der Waals surface area contributed by atoms with Crippen LogP contribution in [0, 0.1) is 23.9 Å². The largest absolute Gasteiger partial charge is 0.522 e. The second kappa shape index (κ2) is 14.2. The van der Waals surface area contributed by atoms with Gasteiger partial charge in [-0.2, -0.15) is 18.2 Å². The maximum atomic E-state index is 8.92. The van der Waals surface area contributed by atoms with Crippen LogP contribution in [0.2, 0.25) is 0 Å². The van der Waals surface area contributed by atoms with Crippen LogP contribution in [0.5, 0.6) is 11.5 Å². The summed E-state index contributed by atoms with van der Waals surface area (Å²) in [6.45, 7) is 12.4. The maximum absolute atomic E-state index is 8.92. The van der Waals surface area contributed by atoms with Crippen molar-refractivity contribution in [1.29, 1.82) is 0 Å². The van der Waals surface area contributed by atoms with Crippen molar-refractivity contribution in [2.45, 2.75) is 53.3 Å².